The van der Waals surface area contributed by atoms with Crippen molar-refractivity contribution in [1.29, 1.82) is 0 Å². The summed E-state index contributed by atoms with van der Waals surface area (Å²) in [6, 6.07) is 4.52. The van der Waals surface area contributed by atoms with E-state index in [1.165, 1.54) is 12.1 Å². The van der Waals surface area contributed by atoms with Crippen molar-refractivity contribution in [2.24, 2.45) is 0 Å². The lowest BCUT2D eigenvalue weighted by Crippen LogP contribution is -2.44. The van der Waals surface area contributed by atoms with Gasteiger partial charge in [0, 0.05) is 6.54 Å². The van der Waals surface area contributed by atoms with Gasteiger partial charge in [-0.2, -0.15) is 0 Å². The van der Waals surface area contributed by atoms with Crippen LogP contribution in [0.1, 0.15) is 24.2 Å². The van der Waals surface area contributed by atoms with Gasteiger partial charge in [0.1, 0.15) is 5.75 Å². The molecule has 2 rings (SSSR count). The summed E-state index contributed by atoms with van der Waals surface area (Å²) >= 11 is 0. The van der Waals surface area contributed by atoms with E-state index in [4.69, 9.17) is 9.84 Å². The fourth-order valence-electron chi connectivity index (χ4n) is 1.87. The van der Waals surface area contributed by atoms with Gasteiger partial charge in [0.25, 0.3) is 5.91 Å². The van der Waals surface area contributed by atoms with Crippen molar-refractivity contribution in [2.45, 2.75) is 20.0 Å². The molecule has 1 unspecified atom stereocenters. The van der Waals surface area contributed by atoms with Gasteiger partial charge < -0.3 is 14.7 Å². The Labute approximate surface area is 98.6 Å². The zero-order valence-corrected chi connectivity index (χ0v) is 9.64. The number of carbonyl (C=O) groups excluding carboxylic acids is 1. The van der Waals surface area contributed by atoms with Gasteiger partial charge in [-0.25, -0.2) is 4.79 Å². The van der Waals surface area contributed by atoms with Crippen LogP contribution in [0, 0.1) is 0 Å². The number of anilines is 1. The third kappa shape index (κ3) is 1.84. The molecule has 1 N–H and O–H groups in total. The monoisotopic (exact) mass is 235 g/mol. The summed E-state index contributed by atoms with van der Waals surface area (Å²) in [6.07, 6.45) is -0.577. The van der Waals surface area contributed by atoms with E-state index in [0.717, 1.165) is 0 Å². The zero-order valence-electron chi connectivity index (χ0n) is 9.64. The third-order valence-corrected chi connectivity index (χ3v) is 2.73. The molecule has 1 aliphatic rings. The Bertz CT molecular complexity index is 483. The third-order valence-electron chi connectivity index (χ3n) is 2.73. The highest BCUT2D eigenvalue weighted by molar-refractivity contribution is 6.00. The number of hydrogen-bond acceptors (Lipinski definition) is 3. The molecule has 0 radical (unpaired) electrons. The number of ether oxygens (including phenoxy) is 1. The molecular weight excluding hydrogens is 222 g/mol. The van der Waals surface area contributed by atoms with Crippen LogP contribution in [0.25, 0.3) is 0 Å². The van der Waals surface area contributed by atoms with Crippen molar-refractivity contribution in [3.63, 3.8) is 0 Å². The molecular formula is C12H13NO4. The number of nitrogens with zero attached hydrogens (tertiary/aromatic N) is 1. The van der Waals surface area contributed by atoms with Gasteiger partial charge >= 0.3 is 5.97 Å². The minimum Gasteiger partial charge on any atom is -0.479 e. The molecule has 0 aliphatic carbocycles. The zero-order chi connectivity index (χ0) is 12.6. The fraction of sp³-hybridized carbons (Fsp3) is 0.333. The first-order chi connectivity index (χ1) is 8.04. The average molecular weight is 235 g/mol. The largest absolute Gasteiger partial charge is 0.479 e. The Morgan fingerprint density at radius 2 is 2.24 bits per heavy atom. The Balaban J connectivity index is 2.49. The number of aromatic carboxylic acids is 1. The van der Waals surface area contributed by atoms with Crippen LogP contribution in [0.2, 0.25) is 0 Å². The van der Waals surface area contributed by atoms with Gasteiger partial charge in [-0.15, -0.1) is 0 Å². The Morgan fingerprint density at radius 1 is 1.53 bits per heavy atom. The van der Waals surface area contributed by atoms with E-state index in [-0.39, 0.29) is 11.5 Å². The lowest BCUT2D eigenvalue weighted by atomic mass is 10.1. The molecule has 1 atom stereocenters. The van der Waals surface area contributed by atoms with Crippen LogP contribution in [0.5, 0.6) is 5.75 Å². The Kier molecular flexibility index (Phi) is 2.75. The number of likely N-dealkylation sites (N-methyl/N-ethyl adjacent to an activating group) is 1. The van der Waals surface area contributed by atoms with Crippen LogP contribution in [-0.2, 0) is 4.79 Å². The normalized spacial score (nSPS) is 18.6. The smallest absolute Gasteiger partial charge is 0.335 e. The molecule has 1 aliphatic heterocycles. The summed E-state index contributed by atoms with van der Waals surface area (Å²) in [5.41, 5.74) is 0.780. The molecule has 1 heterocycles. The lowest BCUT2D eigenvalue weighted by Gasteiger charge is -2.32. The highest BCUT2D eigenvalue weighted by Crippen LogP contribution is 2.34. The van der Waals surface area contributed by atoms with E-state index in [1.54, 1.807) is 17.9 Å². The first-order valence-electron chi connectivity index (χ1n) is 5.40. The standard InChI is InChI=1S/C12H13NO4/c1-3-13-9-5-4-8(12(15)16)6-10(9)17-7(2)11(13)14/h4-7H,3H2,1-2H3,(H,15,16). The maximum Gasteiger partial charge on any atom is 0.335 e. The molecule has 90 valence electrons. The van der Waals surface area contributed by atoms with Crippen molar-refractivity contribution in [3.05, 3.63) is 23.8 Å². The van der Waals surface area contributed by atoms with Gasteiger partial charge in [0.15, 0.2) is 6.10 Å². The maximum absolute atomic E-state index is 11.8. The fourth-order valence-corrected chi connectivity index (χ4v) is 1.87. The van der Waals surface area contributed by atoms with Crippen LogP contribution in [0.3, 0.4) is 0 Å². The number of hydrogen-bond donors (Lipinski definition) is 1. The van der Waals surface area contributed by atoms with E-state index in [2.05, 4.69) is 0 Å². The minimum atomic E-state index is -1.01. The molecule has 0 spiro atoms. The number of carbonyl (C=O) groups is 2. The van der Waals surface area contributed by atoms with Crippen LogP contribution < -0.4 is 9.64 Å². The predicted octanol–water partition coefficient (Wildman–Crippen LogP) is 1.52. The topological polar surface area (TPSA) is 66.8 Å². The minimum absolute atomic E-state index is 0.108. The molecule has 5 heteroatoms. The molecule has 0 saturated carbocycles. The molecule has 1 aromatic rings. The van der Waals surface area contributed by atoms with E-state index in [0.29, 0.717) is 18.0 Å². The number of fused-ring (bicyclic) bond motifs is 1. The quantitative estimate of drug-likeness (QED) is 0.843. The second-order valence-electron chi connectivity index (χ2n) is 3.83. The maximum atomic E-state index is 11.8. The molecule has 17 heavy (non-hydrogen) atoms. The molecule has 0 fully saturated rings. The van der Waals surface area contributed by atoms with Crippen molar-refractivity contribution in [1.82, 2.24) is 0 Å². The van der Waals surface area contributed by atoms with Crippen LogP contribution in [-0.4, -0.2) is 29.6 Å². The van der Waals surface area contributed by atoms with Crippen LogP contribution >= 0.6 is 0 Å². The van der Waals surface area contributed by atoms with Crippen molar-refractivity contribution < 1.29 is 19.4 Å². The number of benzene rings is 1. The number of amides is 1. The van der Waals surface area contributed by atoms with Crippen molar-refractivity contribution in [3.8, 4) is 5.75 Å². The van der Waals surface area contributed by atoms with Gasteiger partial charge in [-0.3, -0.25) is 4.79 Å². The number of carboxylic acids is 1. The lowest BCUT2D eigenvalue weighted by molar-refractivity contribution is -0.125. The Hall–Kier alpha value is -2.04. The van der Waals surface area contributed by atoms with Crippen molar-refractivity contribution >= 4 is 17.6 Å². The van der Waals surface area contributed by atoms with Crippen LogP contribution in [0.4, 0.5) is 5.69 Å². The number of carboxylic acid groups (broad SMARTS) is 1. The molecule has 1 aromatic carbocycles. The summed E-state index contributed by atoms with van der Waals surface area (Å²) in [5, 5.41) is 8.89. The summed E-state index contributed by atoms with van der Waals surface area (Å²) in [6.45, 7) is 4.05. The molecule has 0 aromatic heterocycles. The Morgan fingerprint density at radius 3 is 2.82 bits per heavy atom. The van der Waals surface area contributed by atoms with E-state index >= 15 is 0 Å². The van der Waals surface area contributed by atoms with Crippen LogP contribution in [0.15, 0.2) is 18.2 Å². The van der Waals surface area contributed by atoms with Gasteiger partial charge in [-0.05, 0) is 32.0 Å². The second kappa shape index (κ2) is 4.08. The predicted molar refractivity (Wildman–Crippen MR) is 61.5 cm³/mol. The first-order valence-corrected chi connectivity index (χ1v) is 5.40. The van der Waals surface area contributed by atoms with E-state index < -0.39 is 12.1 Å². The summed E-state index contributed by atoms with van der Waals surface area (Å²) in [7, 11) is 0. The number of rotatable bonds is 2. The highest BCUT2D eigenvalue weighted by atomic mass is 16.5. The molecule has 0 bridgehead atoms. The summed E-state index contributed by atoms with van der Waals surface area (Å²) in [5.74, 6) is -0.675. The second-order valence-corrected chi connectivity index (χ2v) is 3.83. The average Bonchev–Trinajstić information content (AvgIpc) is 2.30. The van der Waals surface area contributed by atoms with Gasteiger partial charge in [0.2, 0.25) is 0 Å². The van der Waals surface area contributed by atoms with Gasteiger partial charge in [-0.1, -0.05) is 0 Å². The first kappa shape index (κ1) is 11.4. The summed E-state index contributed by atoms with van der Waals surface area (Å²) in [4.78, 5) is 24.3. The molecule has 5 nitrogen and oxygen atoms in total. The van der Waals surface area contributed by atoms with E-state index in [1.807, 2.05) is 6.92 Å². The molecule has 0 saturated heterocycles. The molecule has 1 amide bonds. The van der Waals surface area contributed by atoms with Gasteiger partial charge in [0.05, 0.1) is 11.3 Å². The highest BCUT2D eigenvalue weighted by Gasteiger charge is 2.30. The SMILES string of the molecule is CCN1C(=O)C(C)Oc2cc(C(=O)O)ccc21. The van der Waals surface area contributed by atoms with E-state index in [9.17, 15) is 9.59 Å². The van der Waals surface area contributed by atoms with Crippen molar-refractivity contribution in [2.75, 3.05) is 11.4 Å². The summed E-state index contributed by atoms with van der Waals surface area (Å²) < 4.78 is 5.41.